The number of nitrogens with zero attached hydrogens (tertiary/aromatic N) is 1. The number of aromatic nitrogens is 1. The molecular formula is C18H19ClFN3O2. The molecule has 7 heteroatoms. The van der Waals surface area contributed by atoms with Gasteiger partial charge in [-0.25, -0.2) is 4.39 Å². The highest BCUT2D eigenvalue weighted by Crippen LogP contribution is 2.20. The summed E-state index contributed by atoms with van der Waals surface area (Å²) in [4.78, 5) is 28.3. The molecule has 132 valence electrons. The molecule has 0 atom stereocenters. The zero-order valence-electron chi connectivity index (χ0n) is 13.8. The summed E-state index contributed by atoms with van der Waals surface area (Å²) in [5.41, 5.74) is 0.800. The number of unbranched alkanes of at least 4 members (excludes halogenated alkanes) is 2. The van der Waals surface area contributed by atoms with Crippen LogP contribution in [-0.4, -0.2) is 23.3 Å². The summed E-state index contributed by atoms with van der Waals surface area (Å²) in [6.45, 7) is 2.65. The smallest absolute Gasteiger partial charge is 0.269 e. The van der Waals surface area contributed by atoms with Gasteiger partial charge in [0.15, 0.2) is 0 Å². The Hall–Kier alpha value is -2.47. The van der Waals surface area contributed by atoms with Crippen molar-refractivity contribution in [3.05, 3.63) is 58.6 Å². The fourth-order valence-corrected chi connectivity index (χ4v) is 2.32. The summed E-state index contributed by atoms with van der Waals surface area (Å²) >= 11 is 5.69. The van der Waals surface area contributed by atoms with Crippen LogP contribution in [0.1, 0.15) is 47.0 Å². The molecule has 0 fully saturated rings. The first-order valence-corrected chi connectivity index (χ1v) is 8.39. The molecule has 2 N–H and O–H groups in total. The van der Waals surface area contributed by atoms with E-state index in [1.54, 1.807) is 0 Å². The predicted molar refractivity (Wildman–Crippen MR) is 95.5 cm³/mol. The molecule has 2 aromatic rings. The number of carbonyl (C=O) groups excluding carboxylic acids is 2. The minimum atomic E-state index is -0.564. The lowest BCUT2D eigenvalue weighted by molar-refractivity contribution is 0.0948. The maximum Gasteiger partial charge on any atom is 0.269 e. The Labute approximate surface area is 150 Å². The molecule has 0 radical (unpaired) electrons. The number of hydrogen-bond acceptors (Lipinski definition) is 3. The summed E-state index contributed by atoms with van der Waals surface area (Å²) < 4.78 is 13.2. The molecule has 1 aromatic heterocycles. The zero-order valence-corrected chi connectivity index (χ0v) is 14.6. The van der Waals surface area contributed by atoms with E-state index in [1.807, 2.05) is 0 Å². The van der Waals surface area contributed by atoms with E-state index in [2.05, 4.69) is 22.5 Å². The second-order valence-corrected chi connectivity index (χ2v) is 5.88. The molecule has 5 nitrogen and oxygen atoms in total. The molecule has 1 heterocycles. The normalized spacial score (nSPS) is 10.4. The molecule has 25 heavy (non-hydrogen) atoms. The third-order valence-electron chi connectivity index (χ3n) is 3.50. The number of rotatable bonds is 7. The molecule has 2 amide bonds. The van der Waals surface area contributed by atoms with Crippen LogP contribution >= 0.6 is 11.6 Å². The zero-order chi connectivity index (χ0) is 18.2. The van der Waals surface area contributed by atoms with Crippen LogP contribution in [-0.2, 0) is 0 Å². The van der Waals surface area contributed by atoms with Gasteiger partial charge in [-0.2, -0.15) is 0 Å². The van der Waals surface area contributed by atoms with Gasteiger partial charge >= 0.3 is 0 Å². The first kappa shape index (κ1) is 18.9. The Morgan fingerprint density at radius 2 is 1.96 bits per heavy atom. The van der Waals surface area contributed by atoms with E-state index in [0.29, 0.717) is 12.2 Å². The maximum atomic E-state index is 13.2. The predicted octanol–water partition coefficient (Wildman–Crippen LogP) is 4.05. The van der Waals surface area contributed by atoms with E-state index in [9.17, 15) is 14.0 Å². The molecule has 0 saturated heterocycles. The van der Waals surface area contributed by atoms with Crippen molar-refractivity contribution >= 4 is 29.1 Å². The Balaban J connectivity index is 2.03. The lowest BCUT2D eigenvalue weighted by Crippen LogP contribution is -2.25. The number of nitrogens with one attached hydrogen (secondary N) is 2. The van der Waals surface area contributed by atoms with Gasteiger partial charge in [0.2, 0.25) is 0 Å². The molecule has 0 aliphatic heterocycles. The summed E-state index contributed by atoms with van der Waals surface area (Å²) in [5, 5.41) is 5.29. The summed E-state index contributed by atoms with van der Waals surface area (Å²) in [6, 6.07) is 6.79. The Bertz CT molecular complexity index is 768. The number of anilines is 1. The van der Waals surface area contributed by atoms with E-state index in [1.165, 1.54) is 36.5 Å². The quantitative estimate of drug-likeness (QED) is 0.729. The molecular weight excluding hydrogens is 345 g/mol. The van der Waals surface area contributed by atoms with Gasteiger partial charge < -0.3 is 10.6 Å². The molecule has 0 spiro atoms. The van der Waals surface area contributed by atoms with Crippen LogP contribution in [0.15, 0.2) is 36.5 Å². The summed E-state index contributed by atoms with van der Waals surface area (Å²) in [6.07, 6.45) is 4.40. The van der Waals surface area contributed by atoms with E-state index in [-0.39, 0.29) is 22.2 Å². The standard InChI is InChI=1S/C18H19ClFN3O2/c1-2-3-4-8-22-18(25)16-10-12(7-9-21-16)17(24)23-13-5-6-15(20)14(19)11-13/h5-7,9-11H,2-4,8H2,1H3,(H,22,25)(H,23,24). The fourth-order valence-electron chi connectivity index (χ4n) is 2.14. The van der Waals surface area contributed by atoms with Crippen molar-refractivity contribution in [1.82, 2.24) is 10.3 Å². The minimum Gasteiger partial charge on any atom is -0.351 e. The maximum absolute atomic E-state index is 13.2. The van der Waals surface area contributed by atoms with Crippen LogP contribution in [0.5, 0.6) is 0 Å². The van der Waals surface area contributed by atoms with E-state index in [4.69, 9.17) is 11.6 Å². The highest BCUT2D eigenvalue weighted by Gasteiger charge is 2.12. The number of halogens is 2. The first-order chi connectivity index (χ1) is 12.0. The molecule has 0 unspecified atom stereocenters. The van der Waals surface area contributed by atoms with Crippen LogP contribution in [0, 0.1) is 5.82 Å². The van der Waals surface area contributed by atoms with Crippen molar-refractivity contribution < 1.29 is 14.0 Å². The average molecular weight is 364 g/mol. The van der Waals surface area contributed by atoms with Gasteiger partial charge in [-0.05, 0) is 36.8 Å². The van der Waals surface area contributed by atoms with Gasteiger partial charge in [0.05, 0.1) is 5.02 Å². The van der Waals surface area contributed by atoms with Crippen molar-refractivity contribution in [2.45, 2.75) is 26.2 Å². The van der Waals surface area contributed by atoms with Crippen molar-refractivity contribution in [3.8, 4) is 0 Å². The number of amides is 2. The molecule has 2 rings (SSSR count). The van der Waals surface area contributed by atoms with Crippen LogP contribution in [0.25, 0.3) is 0 Å². The largest absolute Gasteiger partial charge is 0.351 e. The number of hydrogen-bond donors (Lipinski definition) is 2. The number of benzene rings is 1. The molecule has 0 bridgehead atoms. The van der Waals surface area contributed by atoms with E-state index < -0.39 is 11.7 Å². The van der Waals surface area contributed by atoms with Gasteiger partial charge in [-0.3, -0.25) is 14.6 Å². The Kier molecular flexibility index (Phi) is 6.89. The first-order valence-electron chi connectivity index (χ1n) is 8.02. The van der Waals surface area contributed by atoms with Crippen molar-refractivity contribution in [1.29, 1.82) is 0 Å². The average Bonchev–Trinajstić information content (AvgIpc) is 2.62. The van der Waals surface area contributed by atoms with Crippen LogP contribution < -0.4 is 10.6 Å². The van der Waals surface area contributed by atoms with Crippen LogP contribution in [0.2, 0.25) is 5.02 Å². The number of pyridine rings is 1. The van der Waals surface area contributed by atoms with E-state index >= 15 is 0 Å². The highest BCUT2D eigenvalue weighted by atomic mass is 35.5. The lowest BCUT2D eigenvalue weighted by Gasteiger charge is -2.08. The van der Waals surface area contributed by atoms with Crippen LogP contribution in [0.4, 0.5) is 10.1 Å². The van der Waals surface area contributed by atoms with Crippen molar-refractivity contribution in [2.24, 2.45) is 0 Å². The summed E-state index contributed by atoms with van der Waals surface area (Å²) in [7, 11) is 0. The van der Waals surface area contributed by atoms with Crippen molar-refractivity contribution in [3.63, 3.8) is 0 Å². The SMILES string of the molecule is CCCCCNC(=O)c1cc(C(=O)Nc2ccc(F)c(Cl)c2)ccn1. The lowest BCUT2D eigenvalue weighted by atomic mass is 10.2. The van der Waals surface area contributed by atoms with Crippen molar-refractivity contribution in [2.75, 3.05) is 11.9 Å². The summed E-state index contributed by atoms with van der Waals surface area (Å²) in [5.74, 6) is -1.33. The number of carbonyl (C=O) groups is 2. The minimum absolute atomic E-state index is 0.0836. The highest BCUT2D eigenvalue weighted by molar-refractivity contribution is 6.31. The van der Waals surface area contributed by atoms with Gasteiger partial charge in [0.1, 0.15) is 11.5 Å². The van der Waals surface area contributed by atoms with Gasteiger partial charge in [-0.15, -0.1) is 0 Å². The Morgan fingerprint density at radius 1 is 1.16 bits per heavy atom. The second-order valence-electron chi connectivity index (χ2n) is 5.48. The molecule has 1 aromatic carbocycles. The fraction of sp³-hybridized carbons (Fsp3) is 0.278. The molecule has 0 aliphatic carbocycles. The third-order valence-corrected chi connectivity index (χ3v) is 3.79. The topological polar surface area (TPSA) is 71.1 Å². The second kappa shape index (κ2) is 9.13. The van der Waals surface area contributed by atoms with Gasteiger partial charge in [0, 0.05) is 24.0 Å². The van der Waals surface area contributed by atoms with Crippen LogP contribution in [0.3, 0.4) is 0 Å². The Morgan fingerprint density at radius 3 is 2.68 bits per heavy atom. The van der Waals surface area contributed by atoms with Gasteiger partial charge in [-0.1, -0.05) is 31.4 Å². The molecule has 0 aliphatic rings. The molecule has 0 saturated carbocycles. The monoisotopic (exact) mass is 363 g/mol. The van der Waals surface area contributed by atoms with E-state index in [0.717, 1.165) is 19.3 Å². The van der Waals surface area contributed by atoms with Gasteiger partial charge in [0.25, 0.3) is 11.8 Å². The third kappa shape index (κ3) is 5.53.